The molecule has 27 heavy (non-hydrogen) atoms. The van der Waals surface area contributed by atoms with Crippen LogP contribution < -0.4 is 5.32 Å². The number of thiophene rings is 1. The zero-order valence-electron chi connectivity index (χ0n) is 16.5. The number of methoxy groups -OCH3 is 1. The minimum absolute atomic E-state index is 0.262. The lowest BCUT2D eigenvalue weighted by Gasteiger charge is -2.30. The van der Waals surface area contributed by atoms with Gasteiger partial charge in [0.05, 0.1) is 18.4 Å². The number of hydrogen-bond donors (Lipinski definition) is 1. The lowest BCUT2D eigenvalue weighted by atomic mass is 10.0. The van der Waals surface area contributed by atoms with Crippen molar-refractivity contribution in [1.29, 1.82) is 0 Å². The van der Waals surface area contributed by atoms with Gasteiger partial charge in [-0.25, -0.2) is 4.79 Å². The third kappa shape index (κ3) is 3.77. The lowest BCUT2D eigenvalue weighted by Crippen LogP contribution is -2.35. The molecule has 0 aromatic carbocycles. The number of carbonyl (C=O) groups excluding carboxylic acids is 2. The van der Waals surface area contributed by atoms with Crippen LogP contribution in [0.15, 0.2) is 6.07 Å². The number of rotatable bonds is 5. The van der Waals surface area contributed by atoms with E-state index in [1.54, 1.807) is 10.7 Å². The zero-order chi connectivity index (χ0) is 19.7. The molecule has 0 bridgehead atoms. The van der Waals surface area contributed by atoms with Gasteiger partial charge in [-0.2, -0.15) is 5.10 Å². The fraction of sp³-hybridized carbons (Fsp3) is 0.526. The second-order valence-corrected chi connectivity index (χ2v) is 8.06. The van der Waals surface area contributed by atoms with Gasteiger partial charge in [-0.1, -0.05) is 0 Å². The summed E-state index contributed by atoms with van der Waals surface area (Å²) in [6, 6.07) is 2.19. The van der Waals surface area contributed by atoms with Crippen molar-refractivity contribution in [2.45, 2.75) is 53.2 Å². The van der Waals surface area contributed by atoms with Gasteiger partial charge in [0, 0.05) is 30.6 Å². The number of esters is 1. The maximum atomic E-state index is 12.8. The van der Waals surface area contributed by atoms with E-state index >= 15 is 0 Å². The van der Waals surface area contributed by atoms with Crippen LogP contribution in [0.5, 0.6) is 0 Å². The Balaban J connectivity index is 1.95. The summed E-state index contributed by atoms with van der Waals surface area (Å²) in [5.41, 5.74) is 2.77. The summed E-state index contributed by atoms with van der Waals surface area (Å²) >= 11 is 1.47. The molecule has 2 aromatic rings. The molecule has 7 nitrogen and oxygen atoms in total. The van der Waals surface area contributed by atoms with Gasteiger partial charge in [-0.15, -0.1) is 11.3 Å². The average Bonchev–Trinajstić information content (AvgIpc) is 3.19. The number of nitrogens with one attached hydrogen (secondary N) is 1. The quantitative estimate of drug-likeness (QED) is 0.794. The van der Waals surface area contributed by atoms with E-state index in [9.17, 15) is 9.59 Å². The monoisotopic (exact) mass is 390 g/mol. The Hall–Kier alpha value is -2.19. The van der Waals surface area contributed by atoms with Crippen molar-refractivity contribution in [2.75, 3.05) is 19.0 Å². The molecule has 2 aromatic heterocycles. The molecule has 0 radical (unpaired) electrons. The molecule has 3 rings (SSSR count). The summed E-state index contributed by atoms with van der Waals surface area (Å²) in [6.07, 6.45) is 0.774. The lowest BCUT2D eigenvalue weighted by molar-refractivity contribution is 0.0600. The van der Waals surface area contributed by atoms with Gasteiger partial charge < -0.3 is 10.1 Å². The zero-order valence-corrected chi connectivity index (χ0v) is 17.3. The van der Waals surface area contributed by atoms with Gasteiger partial charge >= 0.3 is 5.97 Å². The van der Waals surface area contributed by atoms with E-state index in [-0.39, 0.29) is 5.91 Å². The van der Waals surface area contributed by atoms with Crippen LogP contribution in [0.2, 0.25) is 0 Å². The van der Waals surface area contributed by atoms with Crippen LogP contribution in [0.3, 0.4) is 0 Å². The molecule has 3 heterocycles. The number of ether oxygens (including phenoxy) is 1. The van der Waals surface area contributed by atoms with Crippen LogP contribution >= 0.6 is 11.3 Å². The minimum atomic E-state index is -0.402. The summed E-state index contributed by atoms with van der Waals surface area (Å²) in [5, 5.41) is 7.81. The van der Waals surface area contributed by atoms with Crippen molar-refractivity contribution in [1.82, 2.24) is 14.7 Å². The standard InChI is InChI=1S/C19H26N4O3S/c1-6-23-14(9-12(4)21-23)17(24)20-18-16(19(25)26-5)13-7-8-22(11(2)3)10-15(13)27-18/h9,11H,6-8,10H2,1-5H3,(H,20,24). The highest BCUT2D eigenvalue weighted by atomic mass is 32.1. The second kappa shape index (κ2) is 7.82. The summed E-state index contributed by atoms with van der Waals surface area (Å²) in [5.74, 6) is -0.664. The maximum absolute atomic E-state index is 12.8. The van der Waals surface area contributed by atoms with E-state index in [4.69, 9.17) is 4.74 Å². The number of fused-ring (bicyclic) bond motifs is 1. The van der Waals surface area contributed by atoms with Crippen molar-refractivity contribution < 1.29 is 14.3 Å². The first-order valence-corrected chi connectivity index (χ1v) is 10.00. The fourth-order valence-corrected chi connectivity index (χ4v) is 4.66. The number of aryl methyl sites for hydroxylation is 2. The molecular weight excluding hydrogens is 364 g/mol. The summed E-state index contributed by atoms with van der Waals surface area (Å²) in [4.78, 5) is 28.7. The Morgan fingerprint density at radius 2 is 2.15 bits per heavy atom. The van der Waals surface area contributed by atoms with Gasteiger partial charge in [-0.3, -0.25) is 14.4 Å². The molecular formula is C19H26N4O3S. The van der Waals surface area contributed by atoms with Crippen molar-refractivity contribution in [3.05, 3.63) is 33.5 Å². The van der Waals surface area contributed by atoms with Crippen molar-refractivity contribution in [3.8, 4) is 0 Å². The molecule has 0 saturated heterocycles. The predicted molar refractivity (Wildman–Crippen MR) is 105 cm³/mol. The van der Waals surface area contributed by atoms with Crippen molar-refractivity contribution in [3.63, 3.8) is 0 Å². The molecule has 0 unspecified atom stereocenters. The largest absolute Gasteiger partial charge is 0.465 e. The molecule has 1 aliphatic rings. The second-order valence-electron chi connectivity index (χ2n) is 6.95. The highest BCUT2D eigenvalue weighted by Crippen LogP contribution is 2.38. The van der Waals surface area contributed by atoms with Crippen molar-refractivity contribution in [2.24, 2.45) is 0 Å². The van der Waals surface area contributed by atoms with Crippen LogP contribution in [-0.4, -0.2) is 46.3 Å². The predicted octanol–water partition coefficient (Wildman–Crippen LogP) is 3.08. The van der Waals surface area contributed by atoms with E-state index in [1.807, 2.05) is 13.8 Å². The smallest absolute Gasteiger partial charge is 0.341 e. The molecule has 0 fully saturated rings. The van der Waals surface area contributed by atoms with E-state index in [2.05, 4.69) is 29.2 Å². The number of anilines is 1. The average molecular weight is 391 g/mol. The van der Waals surface area contributed by atoms with Crippen molar-refractivity contribution >= 4 is 28.2 Å². The Labute approximate surface area is 163 Å². The van der Waals surface area contributed by atoms with Crippen LogP contribution in [-0.2, 0) is 24.2 Å². The Morgan fingerprint density at radius 1 is 1.41 bits per heavy atom. The number of aromatic nitrogens is 2. The van der Waals surface area contributed by atoms with Gasteiger partial charge in [0.1, 0.15) is 10.7 Å². The van der Waals surface area contributed by atoms with E-state index in [1.165, 1.54) is 18.4 Å². The molecule has 8 heteroatoms. The molecule has 1 N–H and O–H groups in total. The molecule has 0 spiro atoms. The van der Waals surface area contributed by atoms with E-state index < -0.39 is 5.97 Å². The third-order valence-corrected chi connectivity index (χ3v) is 6.00. The van der Waals surface area contributed by atoms with E-state index in [0.717, 1.165) is 35.6 Å². The summed E-state index contributed by atoms with van der Waals surface area (Å²) in [6.45, 7) is 10.4. The van der Waals surface area contributed by atoms with Gasteiger partial charge in [0.15, 0.2) is 0 Å². The highest BCUT2D eigenvalue weighted by molar-refractivity contribution is 7.17. The third-order valence-electron chi connectivity index (χ3n) is 4.87. The van der Waals surface area contributed by atoms with Gasteiger partial charge in [0.25, 0.3) is 5.91 Å². The van der Waals surface area contributed by atoms with Gasteiger partial charge in [-0.05, 0) is 45.7 Å². The first-order chi connectivity index (χ1) is 12.8. The normalized spacial score (nSPS) is 14.3. The van der Waals surface area contributed by atoms with E-state index in [0.29, 0.717) is 28.8 Å². The molecule has 146 valence electrons. The SMILES string of the molecule is CCn1nc(C)cc1C(=O)Nc1sc2c(c1C(=O)OC)CCN(C(C)C)C2. The van der Waals surface area contributed by atoms with Gasteiger partial charge in [0.2, 0.25) is 0 Å². The van der Waals surface area contributed by atoms with Crippen LogP contribution in [0.25, 0.3) is 0 Å². The first kappa shape index (κ1) is 19.6. The molecule has 0 saturated carbocycles. The number of amides is 1. The Bertz CT molecular complexity index is 869. The first-order valence-electron chi connectivity index (χ1n) is 9.18. The highest BCUT2D eigenvalue weighted by Gasteiger charge is 2.30. The summed E-state index contributed by atoms with van der Waals surface area (Å²) < 4.78 is 6.66. The Morgan fingerprint density at radius 3 is 2.78 bits per heavy atom. The number of carbonyl (C=O) groups is 2. The topological polar surface area (TPSA) is 76.5 Å². The fourth-order valence-electron chi connectivity index (χ4n) is 3.41. The molecule has 1 aliphatic heterocycles. The Kier molecular flexibility index (Phi) is 5.67. The van der Waals surface area contributed by atoms with Crippen LogP contribution in [0.4, 0.5) is 5.00 Å². The van der Waals surface area contributed by atoms with Crippen LogP contribution in [0.1, 0.15) is 57.8 Å². The molecule has 1 amide bonds. The summed E-state index contributed by atoms with van der Waals surface area (Å²) in [7, 11) is 1.37. The van der Waals surface area contributed by atoms with Crippen LogP contribution in [0, 0.1) is 6.92 Å². The molecule has 0 atom stereocenters. The minimum Gasteiger partial charge on any atom is -0.465 e. The maximum Gasteiger partial charge on any atom is 0.341 e. The number of nitrogens with zero attached hydrogens (tertiary/aromatic N) is 3. The number of hydrogen-bond acceptors (Lipinski definition) is 6. The molecule has 0 aliphatic carbocycles.